The van der Waals surface area contributed by atoms with Crippen molar-refractivity contribution in [3.63, 3.8) is 0 Å². The molecule has 0 aromatic heterocycles. The number of hydrogen-bond donors (Lipinski definition) is 2. The van der Waals surface area contributed by atoms with Gasteiger partial charge in [0, 0.05) is 21.7 Å². The molecule has 0 saturated carbocycles. The van der Waals surface area contributed by atoms with Crippen LogP contribution in [0.1, 0.15) is 27.5 Å². The van der Waals surface area contributed by atoms with Gasteiger partial charge in [-0.2, -0.15) is 0 Å². The molecule has 1 saturated heterocycles. The number of carbonyl (C=O) groups excluding carboxylic acids is 2. The van der Waals surface area contributed by atoms with E-state index in [0.29, 0.717) is 10.6 Å². The van der Waals surface area contributed by atoms with Crippen molar-refractivity contribution in [3.8, 4) is 0 Å². The third-order valence-corrected chi connectivity index (χ3v) is 5.01. The number of nitrogens with zero attached hydrogens (tertiary/aromatic N) is 1. The van der Waals surface area contributed by atoms with Gasteiger partial charge in [-0.3, -0.25) is 9.59 Å². The zero-order chi connectivity index (χ0) is 20.2. The molecule has 1 fully saturated rings. The van der Waals surface area contributed by atoms with Gasteiger partial charge in [-0.15, -0.1) is 10.1 Å². The Morgan fingerprint density at radius 1 is 0.931 bits per heavy atom. The van der Waals surface area contributed by atoms with Gasteiger partial charge in [-0.1, -0.05) is 60.1 Å². The predicted octanol–water partition coefficient (Wildman–Crippen LogP) is 3.36. The third-order valence-electron chi connectivity index (χ3n) is 4.76. The molecule has 5 nitrogen and oxygen atoms in total. The summed E-state index contributed by atoms with van der Waals surface area (Å²) in [6.07, 6.45) is 1.87. The predicted molar refractivity (Wildman–Crippen MR) is 112 cm³/mol. The van der Waals surface area contributed by atoms with Crippen molar-refractivity contribution in [1.82, 2.24) is 10.7 Å². The topological polar surface area (TPSA) is 61.2 Å². The van der Waals surface area contributed by atoms with Crippen LogP contribution in [0.4, 0.5) is 0 Å². The van der Waals surface area contributed by atoms with E-state index < -0.39 is 6.04 Å². The summed E-state index contributed by atoms with van der Waals surface area (Å²) >= 11 is 5.90. The number of nitrogens with one attached hydrogen (secondary N) is 2. The molecule has 4 rings (SSSR count). The molecular weight excluding hydrogens is 386 g/mol. The van der Waals surface area contributed by atoms with E-state index in [1.807, 2.05) is 66.9 Å². The van der Waals surface area contributed by atoms with Gasteiger partial charge in [-0.25, -0.2) is 0 Å². The van der Waals surface area contributed by atoms with Crippen molar-refractivity contribution < 1.29 is 14.3 Å². The zero-order valence-electron chi connectivity index (χ0n) is 15.5. The van der Waals surface area contributed by atoms with Gasteiger partial charge in [0.05, 0.1) is 0 Å². The second-order valence-corrected chi connectivity index (χ2v) is 7.17. The minimum absolute atomic E-state index is 0.270. The van der Waals surface area contributed by atoms with Crippen LogP contribution < -0.4 is 10.7 Å². The lowest BCUT2D eigenvalue weighted by Gasteiger charge is -2.14. The molecule has 1 aliphatic rings. The molecule has 29 heavy (non-hydrogen) atoms. The van der Waals surface area contributed by atoms with Crippen LogP contribution in [0.2, 0.25) is 5.02 Å². The first kappa shape index (κ1) is 18.9. The molecule has 0 bridgehead atoms. The van der Waals surface area contributed by atoms with Crippen LogP contribution in [0.25, 0.3) is 0 Å². The van der Waals surface area contributed by atoms with E-state index in [-0.39, 0.29) is 17.9 Å². The summed E-state index contributed by atoms with van der Waals surface area (Å²) in [5, 5.41) is 3.42. The first-order valence-corrected chi connectivity index (χ1v) is 9.60. The maximum Gasteiger partial charge on any atom is 0.304 e. The Hall–Kier alpha value is -3.44. The highest BCUT2D eigenvalue weighted by atomic mass is 35.5. The number of halogens is 1. The van der Waals surface area contributed by atoms with Gasteiger partial charge in [-0.05, 0) is 36.4 Å². The monoisotopic (exact) mass is 404 g/mol. The van der Waals surface area contributed by atoms with Crippen LogP contribution in [0.3, 0.4) is 0 Å². The Morgan fingerprint density at radius 3 is 2.21 bits per heavy atom. The van der Waals surface area contributed by atoms with Gasteiger partial charge in [0.25, 0.3) is 5.91 Å². The average Bonchev–Trinajstić information content (AvgIpc) is 3.04. The quantitative estimate of drug-likeness (QED) is 0.655. The second kappa shape index (κ2) is 8.29. The molecule has 2 atom stereocenters. The smallest absolute Gasteiger partial charge is 0.304 e. The SMILES string of the molecule is O=C(N[C@@H]1C(=O)N/[N+](=C\c2ccccc2)[C@H]1c1ccccc1)c1ccc(Cl)cc1. The Morgan fingerprint density at radius 2 is 1.55 bits per heavy atom. The number of carbonyl (C=O) groups is 2. The van der Waals surface area contributed by atoms with E-state index in [2.05, 4.69) is 10.7 Å². The highest BCUT2D eigenvalue weighted by molar-refractivity contribution is 6.30. The molecule has 0 radical (unpaired) electrons. The maximum atomic E-state index is 12.8. The minimum atomic E-state index is -0.749. The molecule has 2 amide bonds. The first-order chi connectivity index (χ1) is 14.1. The van der Waals surface area contributed by atoms with Crippen LogP contribution >= 0.6 is 11.6 Å². The Labute approximate surface area is 173 Å². The fourth-order valence-electron chi connectivity index (χ4n) is 3.36. The van der Waals surface area contributed by atoms with E-state index in [4.69, 9.17) is 11.6 Å². The summed E-state index contributed by atoms with van der Waals surface area (Å²) in [6, 6.07) is 24.8. The molecule has 2 N–H and O–H groups in total. The molecule has 6 heteroatoms. The van der Waals surface area contributed by atoms with Gasteiger partial charge < -0.3 is 5.32 Å². The van der Waals surface area contributed by atoms with E-state index in [0.717, 1.165) is 11.1 Å². The van der Waals surface area contributed by atoms with E-state index >= 15 is 0 Å². The van der Waals surface area contributed by atoms with Gasteiger partial charge in [0.15, 0.2) is 6.04 Å². The number of benzene rings is 3. The maximum absolute atomic E-state index is 12.8. The molecule has 1 aliphatic heterocycles. The molecule has 1 heterocycles. The number of amides is 2. The summed E-state index contributed by atoms with van der Waals surface area (Å²) in [5.74, 6) is -0.599. The number of hydrazine groups is 1. The number of hydrogen-bond acceptors (Lipinski definition) is 2. The lowest BCUT2D eigenvalue weighted by atomic mass is 10.00. The summed E-state index contributed by atoms with van der Waals surface area (Å²) in [7, 11) is 0. The van der Waals surface area contributed by atoms with Crippen molar-refractivity contribution in [2.75, 3.05) is 0 Å². The van der Waals surface area contributed by atoms with Gasteiger partial charge in [0.1, 0.15) is 0 Å². The van der Waals surface area contributed by atoms with Crippen molar-refractivity contribution >= 4 is 29.6 Å². The van der Waals surface area contributed by atoms with Gasteiger partial charge in [0.2, 0.25) is 12.3 Å². The van der Waals surface area contributed by atoms with Crippen LogP contribution in [-0.4, -0.2) is 28.8 Å². The second-order valence-electron chi connectivity index (χ2n) is 6.74. The highest BCUT2D eigenvalue weighted by Crippen LogP contribution is 2.25. The zero-order valence-corrected chi connectivity index (χ0v) is 16.2. The summed E-state index contributed by atoms with van der Waals surface area (Å²) in [5.41, 5.74) is 5.17. The number of rotatable bonds is 4. The Balaban J connectivity index is 1.68. The molecule has 3 aromatic rings. The highest BCUT2D eigenvalue weighted by Gasteiger charge is 2.47. The molecule has 144 valence electrons. The van der Waals surface area contributed by atoms with E-state index in [1.165, 1.54) is 0 Å². The Bertz CT molecular complexity index is 1050. The Kier molecular flexibility index (Phi) is 5.40. The summed E-state index contributed by atoms with van der Waals surface area (Å²) in [4.78, 5) is 25.5. The molecular formula is C23H19ClN3O2+. The van der Waals surface area contributed by atoms with Crippen molar-refractivity contribution in [2.24, 2.45) is 0 Å². The minimum Gasteiger partial charge on any atom is -0.334 e. The summed E-state index contributed by atoms with van der Waals surface area (Å²) in [6.45, 7) is 0. The molecule has 3 aromatic carbocycles. The molecule has 0 spiro atoms. The van der Waals surface area contributed by atoms with Crippen molar-refractivity contribution in [2.45, 2.75) is 12.1 Å². The van der Waals surface area contributed by atoms with Gasteiger partial charge >= 0.3 is 5.91 Å². The molecule has 0 aliphatic carbocycles. The lowest BCUT2D eigenvalue weighted by Crippen LogP contribution is -2.42. The largest absolute Gasteiger partial charge is 0.334 e. The standard InChI is InChI=1S/C23H18ClN3O2/c24-19-13-11-18(12-14-19)22(28)25-20-21(17-9-5-2-6-10-17)27(26-23(20)29)15-16-7-3-1-4-8-16/h1-15,20-21H,(H-,25,26,28,29)/p+1/b27-15-/t20-,21-/m0/s1. The van der Waals surface area contributed by atoms with E-state index in [9.17, 15) is 9.59 Å². The van der Waals surface area contributed by atoms with Crippen LogP contribution in [0.15, 0.2) is 84.9 Å². The van der Waals surface area contributed by atoms with Crippen molar-refractivity contribution in [3.05, 3.63) is 107 Å². The fraction of sp³-hybridized carbons (Fsp3) is 0.0870. The average molecular weight is 405 g/mol. The fourth-order valence-corrected chi connectivity index (χ4v) is 3.48. The lowest BCUT2D eigenvalue weighted by molar-refractivity contribution is -0.596. The molecule has 0 unspecified atom stereocenters. The number of hydrazone groups is 1. The van der Waals surface area contributed by atoms with Crippen molar-refractivity contribution in [1.29, 1.82) is 0 Å². The van der Waals surface area contributed by atoms with Crippen LogP contribution in [-0.2, 0) is 4.79 Å². The van der Waals surface area contributed by atoms with Crippen LogP contribution in [0.5, 0.6) is 0 Å². The van der Waals surface area contributed by atoms with E-state index in [1.54, 1.807) is 28.9 Å². The third kappa shape index (κ3) is 4.20. The summed E-state index contributed by atoms with van der Waals surface area (Å²) < 4.78 is 1.75. The van der Waals surface area contributed by atoms with Crippen LogP contribution in [0, 0.1) is 0 Å². The normalized spacial score (nSPS) is 19.8. The first-order valence-electron chi connectivity index (χ1n) is 9.22.